The Morgan fingerprint density at radius 1 is 1.31 bits per heavy atom. The fourth-order valence-electron chi connectivity index (χ4n) is 1.46. The van der Waals surface area contributed by atoms with Gasteiger partial charge in [-0.15, -0.1) is 0 Å². The molecule has 0 unspecified atom stereocenters. The minimum absolute atomic E-state index is 0.200. The summed E-state index contributed by atoms with van der Waals surface area (Å²) in [5.74, 6) is 0.202. The molecule has 0 aromatic heterocycles. The van der Waals surface area contributed by atoms with Gasteiger partial charge in [0.2, 0.25) is 0 Å². The lowest BCUT2D eigenvalue weighted by Gasteiger charge is -2.38. The van der Waals surface area contributed by atoms with Gasteiger partial charge in [-0.1, -0.05) is 6.92 Å². The summed E-state index contributed by atoms with van der Waals surface area (Å²) in [6.07, 6.45) is 0. The summed E-state index contributed by atoms with van der Waals surface area (Å²) >= 11 is 0. The number of rotatable bonds is 5. The maximum absolute atomic E-state index is 11.8. The molecular formula is C11H23NO3S. The van der Waals surface area contributed by atoms with Crippen LogP contribution in [-0.2, 0) is 14.6 Å². The fraction of sp³-hybridized carbons (Fsp3) is 1.00. The molecule has 0 atom stereocenters. The Labute approximate surface area is 98.7 Å². The lowest BCUT2D eigenvalue weighted by Crippen LogP contribution is -2.48. The molecule has 0 bridgehead atoms. The third-order valence-corrected chi connectivity index (χ3v) is 5.54. The van der Waals surface area contributed by atoms with Crippen molar-refractivity contribution in [3.8, 4) is 0 Å². The van der Waals surface area contributed by atoms with Crippen LogP contribution in [0.1, 0.15) is 27.7 Å². The first kappa shape index (κ1) is 13.9. The zero-order chi connectivity index (χ0) is 12.4. The van der Waals surface area contributed by atoms with Gasteiger partial charge in [-0.3, -0.25) is 0 Å². The minimum Gasteiger partial charge on any atom is -0.380 e. The van der Waals surface area contributed by atoms with Gasteiger partial charge in [0, 0.05) is 18.5 Å². The van der Waals surface area contributed by atoms with Crippen molar-refractivity contribution in [3.05, 3.63) is 0 Å². The number of sulfone groups is 1. The van der Waals surface area contributed by atoms with Gasteiger partial charge in [-0.2, -0.15) is 0 Å². The van der Waals surface area contributed by atoms with E-state index in [1.165, 1.54) is 0 Å². The van der Waals surface area contributed by atoms with Crippen molar-refractivity contribution < 1.29 is 13.2 Å². The normalized spacial score (nSPS) is 20.5. The van der Waals surface area contributed by atoms with Crippen molar-refractivity contribution in [2.24, 2.45) is 5.41 Å². The van der Waals surface area contributed by atoms with E-state index in [4.69, 9.17) is 4.74 Å². The van der Waals surface area contributed by atoms with Crippen LogP contribution in [-0.4, -0.2) is 45.2 Å². The van der Waals surface area contributed by atoms with Crippen molar-refractivity contribution in [3.63, 3.8) is 0 Å². The van der Waals surface area contributed by atoms with E-state index in [1.807, 2.05) is 0 Å². The summed E-state index contributed by atoms with van der Waals surface area (Å²) in [6, 6.07) is 0. The molecular weight excluding hydrogens is 226 g/mol. The maximum Gasteiger partial charge on any atom is 0.156 e. The smallest absolute Gasteiger partial charge is 0.156 e. The van der Waals surface area contributed by atoms with Crippen molar-refractivity contribution in [2.75, 3.05) is 32.1 Å². The summed E-state index contributed by atoms with van der Waals surface area (Å²) in [5, 5.41) is 3.20. The van der Waals surface area contributed by atoms with E-state index < -0.39 is 14.6 Å². The molecule has 96 valence electrons. The van der Waals surface area contributed by atoms with Crippen LogP contribution in [0.4, 0.5) is 0 Å². The maximum atomic E-state index is 11.8. The van der Waals surface area contributed by atoms with E-state index >= 15 is 0 Å². The highest BCUT2D eigenvalue weighted by Gasteiger charge is 2.33. The van der Waals surface area contributed by atoms with Crippen molar-refractivity contribution in [2.45, 2.75) is 32.4 Å². The second-order valence-electron chi connectivity index (χ2n) is 5.91. The molecule has 1 N–H and O–H groups in total. The predicted octanol–water partition coefficient (Wildman–Crippen LogP) is 0.826. The zero-order valence-electron chi connectivity index (χ0n) is 10.7. The number of hydrogen-bond acceptors (Lipinski definition) is 4. The SMILES string of the molecule is CC1(CNCCS(=O)(=O)C(C)(C)C)COC1. The van der Waals surface area contributed by atoms with E-state index in [2.05, 4.69) is 12.2 Å². The summed E-state index contributed by atoms with van der Waals surface area (Å²) in [5.41, 5.74) is 0.200. The standard InChI is InChI=1S/C11H23NO3S/c1-10(2,3)16(13,14)6-5-12-7-11(4)8-15-9-11/h12H,5-9H2,1-4H3. The molecule has 1 aliphatic heterocycles. The van der Waals surface area contributed by atoms with Gasteiger partial charge in [0.1, 0.15) is 0 Å². The second kappa shape index (κ2) is 4.63. The fourth-order valence-corrected chi connectivity index (χ4v) is 2.48. The molecule has 0 radical (unpaired) electrons. The van der Waals surface area contributed by atoms with Crippen LogP contribution in [0.3, 0.4) is 0 Å². The molecule has 0 amide bonds. The Morgan fingerprint density at radius 2 is 1.88 bits per heavy atom. The van der Waals surface area contributed by atoms with E-state index in [1.54, 1.807) is 20.8 Å². The van der Waals surface area contributed by atoms with Crippen LogP contribution >= 0.6 is 0 Å². The summed E-state index contributed by atoms with van der Waals surface area (Å²) in [6.45, 7) is 10.2. The van der Waals surface area contributed by atoms with Gasteiger partial charge in [0.25, 0.3) is 0 Å². The summed E-state index contributed by atoms with van der Waals surface area (Å²) < 4.78 is 28.1. The first-order valence-electron chi connectivity index (χ1n) is 5.67. The molecule has 1 fully saturated rings. The molecule has 1 aliphatic rings. The van der Waals surface area contributed by atoms with Crippen LogP contribution < -0.4 is 5.32 Å². The highest BCUT2D eigenvalue weighted by atomic mass is 32.2. The Morgan fingerprint density at radius 3 is 2.25 bits per heavy atom. The number of hydrogen-bond donors (Lipinski definition) is 1. The largest absolute Gasteiger partial charge is 0.380 e. The summed E-state index contributed by atoms with van der Waals surface area (Å²) in [7, 11) is -3.00. The molecule has 0 aliphatic carbocycles. The highest BCUT2D eigenvalue weighted by molar-refractivity contribution is 7.92. The van der Waals surface area contributed by atoms with Gasteiger partial charge < -0.3 is 10.1 Å². The predicted molar refractivity (Wildman–Crippen MR) is 65.3 cm³/mol. The van der Waals surface area contributed by atoms with Crippen LogP contribution in [0.2, 0.25) is 0 Å². The Kier molecular flexibility index (Phi) is 4.03. The molecule has 1 saturated heterocycles. The van der Waals surface area contributed by atoms with Gasteiger partial charge >= 0.3 is 0 Å². The van der Waals surface area contributed by atoms with Gasteiger partial charge in [-0.25, -0.2) is 8.42 Å². The monoisotopic (exact) mass is 249 g/mol. The molecule has 0 aromatic rings. The average molecular weight is 249 g/mol. The first-order chi connectivity index (χ1) is 7.16. The van der Waals surface area contributed by atoms with Gasteiger partial charge in [0.05, 0.1) is 23.7 Å². The lowest BCUT2D eigenvalue weighted by molar-refractivity contribution is -0.0987. The molecule has 0 aromatic carbocycles. The minimum atomic E-state index is -3.00. The number of ether oxygens (including phenoxy) is 1. The Balaban J connectivity index is 2.26. The quantitative estimate of drug-likeness (QED) is 0.733. The van der Waals surface area contributed by atoms with E-state index in [-0.39, 0.29) is 11.2 Å². The van der Waals surface area contributed by atoms with E-state index in [9.17, 15) is 8.42 Å². The number of nitrogens with one attached hydrogen (secondary N) is 1. The lowest BCUT2D eigenvalue weighted by atomic mass is 9.89. The summed E-state index contributed by atoms with van der Waals surface area (Å²) in [4.78, 5) is 0. The molecule has 16 heavy (non-hydrogen) atoms. The molecule has 0 spiro atoms. The van der Waals surface area contributed by atoms with Crippen LogP contribution in [0.5, 0.6) is 0 Å². The second-order valence-corrected chi connectivity index (χ2v) is 8.77. The molecule has 1 rings (SSSR count). The van der Waals surface area contributed by atoms with E-state index in [0.717, 1.165) is 19.8 Å². The Hall–Kier alpha value is -0.130. The molecule has 0 saturated carbocycles. The third-order valence-electron chi connectivity index (χ3n) is 2.93. The van der Waals surface area contributed by atoms with Crippen molar-refractivity contribution >= 4 is 9.84 Å². The third kappa shape index (κ3) is 3.43. The molecule has 4 nitrogen and oxygen atoms in total. The topological polar surface area (TPSA) is 55.4 Å². The Bertz CT molecular complexity index is 326. The zero-order valence-corrected chi connectivity index (χ0v) is 11.5. The van der Waals surface area contributed by atoms with Gasteiger partial charge in [-0.05, 0) is 20.8 Å². The average Bonchev–Trinajstić information content (AvgIpc) is 2.07. The molecule has 1 heterocycles. The van der Waals surface area contributed by atoms with Crippen molar-refractivity contribution in [1.82, 2.24) is 5.32 Å². The van der Waals surface area contributed by atoms with Crippen LogP contribution in [0, 0.1) is 5.41 Å². The van der Waals surface area contributed by atoms with Crippen LogP contribution in [0.25, 0.3) is 0 Å². The highest BCUT2D eigenvalue weighted by Crippen LogP contribution is 2.25. The van der Waals surface area contributed by atoms with Gasteiger partial charge in [0.15, 0.2) is 9.84 Å². The van der Waals surface area contributed by atoms with Crippen LogP contribution in [0.15, 0.2) is 0 Å². The first-order valence-corrected chi connectivity index (χ1v) is 7.32. The molecule has 5 heteroatoms. The van der Waals surface area contributed by atoms with Crippen molar-refractivity contribution in [1.29, 1.82) is 0 Å². The van der Waals surface area contributed by atoms with E-state index in [0.29, 0.717) is 6.54 Å².